The first-order valence-electron chi connectivity index (χ1n) is 12.4. The average molecular weight is 508 g/mol. The van der Waals surface area contributed by atoms with Crippen LogP contribution in [-0.4, -0.2) is 64.3 Å². The second-order valence-corrected chi connectivity index (χ2v) is 9.54. The third kappa shape index (κ3) is 11.4. The number of Topliss-reactive ketones (excluding diaryl/α,β-unsaturated/α-hetero) is 1. The fourth-order valence-electron chi connectivity index (χ4n) is 4.28. The fraction of sp³-hybridized carbons (Fsp3) is 0.630. The summed E-state index contributed by atoms with van der Waals surface area (Å²) in [7, 11) is 1.46. The van der Waals surface area contributed by atoms with Crippen LogP contribution in [0.15, 0.2) is 36.0 Å². The predicted molar refractivity (Wildman–Crippen MR) is 135 cm³/mol. The highest BCUT2D eigenvalue weighted by molar-refractivity contribution is 5.97. The summed E-state index contributed by atoms with van der Waals surface area (Å²) in [6.45, 7) is 5.18. The van der Waals surface area contributed by atoms with Crippen molar-refractivity contribution in [1.82, 2.24) is 5.32 Å². The summed E-state index contributed by atoms with van der Waals surface area (Å²) in [5.74, 6) is -2.54. The van der Waals surface area contributed by atoms with Crippen LogP contribution in [0, 0.1) is 17.8 Å². The molecule has 2 amide bonds. The number of rotatable bonds is 16. The Hall–Kier alpha value is -2.62. The van der Waals surface area contributed by atoms with Crippen LogP contribution in [0.1, 0.15) is 65.7 Å². The van der Waals surface area contributed by atoms with Crippen molar-refractivity contribution in [2.75, 3.05) is 7.11 Å². The van der Waals surface area contributed by atoms with Crippen LogP contribution < -0.4 is 5.32 Å². The number of amides is 2. The van der Waals surface area contributed by atoms with Gasteiger partial charge in [0.05, 0.1) is 12.2 Å². The summed E-state index contributed by atoms with van der Waals surface area (Å²) in [6.07, 6.45) is 8.46. The number of methoxy groups -OCH3 is 1. The van der Waals surface area contributed by atoms with E-state index in [1.807, 2.05) is 0 Å². The van der Waals surface area contributed by atoms with E-state index in [4.69, 9.17) is 9.84 Å². The number of nitrogens with one attached hydrogen (secondary N) is 1. The number of hydrogen-bond acceptors (Lipinski definition) is 7. The van der Waals surface area contributed by atoms with Gasteiger partial charge in [-0.15, -0.1) is 0 Å². The van der Waals surface area contributed by atoms with E-state index in [0.717, 1.165) is 6.08 Å². The number of aliphatic hydroxyl groups is 2. The van der Waals surface area contributed by atoms with Crippen molar-refractivity contribution in [3.63, 3.8) is 0 Å². The summed E-state index contributed by atoms with van der Waals surface area (Å²) >= 11 is 0. The molecule has 202 valence electrons. The van der Waals surface area contributed by atoms with E-state index in [9.17, 15) is 29.4 Å². The lowest BCUT2D eigenvalue weighted by Crippen LogP contribution is -2.39. The molecule has 0 aliphatic carbocycles. The molecule has 0 saturated carbocycles. The van der Waals surface area contributed by atoms with E-state index in [2.05, 4.69) is 5.32 Å². The number of unbranched alkanes of at least 4 members (excludes halogenated alkanes) is 1. The minimum Gasteiger partial charge on any atom is -0.478 e. The van der Waals surface area contributed by atoms with Crippen molar-refractivity contribution in [3.8, 4) is 0 Å². The molecular formula is C27H41NO8. The summed E-state index contributed by atoms with van der Waals surface area (Å²) in [5, 5.41) is 32.4. The number of carbonyl (C=O) groups is 4. The predicted octanol–water partition coefficient (Wildman–Crippen LogP) is 2.71. The molecule has 0 aromatic rings. The van der Waals surface area contributed by atoms with Gasteiger partial charge in [-0.1, -0.05) is 38.2 Å². The Kier molecular flexibility index (Phi) is 14.1. The zero-order valence-electron chi connectivity index (χ0n) is 21.7. The zero-order valence-corrected chi connectivity index (χ0v) is 21.7. The minimum atomic E-state index is -1.00. The first-order valence-corrected chi connectivity index (χ1v) is 12.4. The van der Waals surface area contributed by atoms with Crippen molar-refractivity contribution < 1.29 is 39.2 Å². The maximum absolute atomic E-state index is 12.6. The molecule has 1 fully saturated rings. The number of allylic oxidation sites excluding steroid dienone is 3. The van der Waals surface area contributed by atoms with E-state index < -0.39 is 36.1 Å². The normalized spacial score (nSPS) is 19.8. The molecular weight excluding hydrogens is 466 g/mol. The molecule has 5 atom stereocenters. The highest BCUT2D eigenvalue weighted by Gasteiger charge is 2.30. The van der Waals surface area contributed by atoms with Gasteiger partial charge in [0.15, 0.2) is 0 Å². The molecule has 9 heteroatoms. The number of aliphatic hydroxyl groups excluding tert-OH is 2. The van der Waals surface area contributed by atoms with Crippen LogP contribution in [0.3, 0.4) is 0 Å². The molecule has 0 radical (unpaired) electrons. The molecule has 0 aromatic carbocycles. The topological polar surface area (TPSA) is 150 Å². The average Bonchev–Trinajstić information content (AvgIpc) is 2.81. The zero-order chi connectivity index (χ0) is 27.3. The second-order valence-electron chi connectivity index (χ2n) is 9.54. The molecule has 36 heavy (non-hydrogen) atoms. The largest absolute Gasteiger partial charge is 0.478 e. The Balaban J connectivity index is 2.57. The molecule has 1 aliphatic heterocycles. The molecule has 1 aliphatic rings. The number of carboxylic acid groups (broad SMARTS) is 1. The monoisotopic (exact) mass is 507 g/mol. The van der Waals surface area contributed by atoms with E-state index in [-0.39, 0.29) is 23.5 Å². The summed E-state index contributed by atoms with van der Waals surface area (Å²) in [5.41, 5.74) is 0.578. The van der Waals surface area contributed by atoms with Gasteiger partial charge < -0.3 is 20.1 Å². The van der Waals surface area contributed by atoms with Crippen molar-refractivity contribution in [3.05, 3.63) is 36.0 Å². The minimum absolute atomic E-state index is 0.0102. The number of hydrogen-bond donors (Lipinski definition) is 4. The first-order chi connectivity index (χ1) is 17.0. The maximum Gasteiger partial charge on any atom is 0.327 e. The molecule has 0 unspecified atom stereocenters. The summed E-state index contributed by atoms with van der Waals surface area (Å²) < 4.78 is 5.36. The molecule has 0 spiro atoms. The number of ketones is 1. The quantitative estimate of drug-likeness (QED) is 0.108. The van der Waals surface area contributed by atoms with Gasteiger partial charge in [-0.05, 0) is 44.1 Å². The number of piperidine rings is 1. The van der Waals surface area contributed by atoms with E-state index >= 15 is 0 Å². The third-order valence-electron chi connectivity index (χ3n) is 6.48. The Morgan fingerprint density at radius 2 is 1.72 bits per heavy atom. The number of imide groups is 1. The van der Waals surface area contributed by atoms with Gasteiger partial charge in [0.2, 0.25) is 11.8 Å². The summed E-state index contributed by atoms with van der Waals surface area (Å²) in [4.78, 5) is 46.0. The summed E-state index contributed by atoms with van der Waals surface area (Å²) in [6, 6.07) is 0. The van der Waals surface area contributed by atoms with Crippen LogP contribution >= 0.6 is 0 Å². The molecule has 1 saturated heterocycles. The van der Waals surface area contributed by atoms with Crippen LogP contribution in [0.4, 0.5) is 0 Å². The van der Waals surface area contributed by atoms with Gasteiger partial charge in [-0.2, -0.15) is 0 Å². The third-order valence-corrected chi connectivity index (χ3v) is 6.48. The number of carbonyl (C=O) groups excluding carboxylic acids is 3. The van der Waals surface area contributed by atoms with Gasteiger partial charge in [0.1, 0.15) is 11.9 Å². The molecule has 0 bridgehead atoms. The van der Waals surface area contributed by atoms with E-state index in [1.165, 1.54) is 7.11 Å². The lowest BCUT2D eigenvalue weighted by molar-refractivity contribution is -0.135. The Morgan fingerprint density at radius 1 is 1.11 bits per heavy atom. The molecule has 4 N–H and O–H groups in total. The second kappa shape index (κ2) is 16.2. The van der Waals surface area contributed by atoms with E-state index in [0.29, 0.717) is 50.5 Å². The molecule has 9 nitrogen and oxygen atoms in total. The maximum atomic E-state index is 12.6. The van der Waals surface area contributed by atoms with Gasteiger partial charge in [-0.25, -0.2) is 4.79 Å². The Bertz CT molecular complexity index is 831. The van der Waals surface area contributed by atoms with Crippen LogP contribution in [0.5, 0.6) is 0 Å². The number of carboxylic acids is 1. The highest BCUT2D eigenvalue weighted by Crippen LogP contribution is 2.23. The van der Waals surface area contributed by atoms with Crippen LogP contribution in [0.2, 0.25) is 0 Å². The lowest BCUT2D eigenvalue weighted by atomic mass is 9.87. The van der Waals surface area contributed by atoms with E-state index in [1.54, 1.807) is 45.1 Å². The van der Waals surface area contributed by atoms with Crippen molar-refractivity contribution in [2.45, 2.75) is 84.0 Å². The van der Waals surface area contributed by atoms with Gasteiger partial charge in [-0.3, -0.25) is 19.7 Å². The van der Waals surface area contributed by atoms with Crippen molar-refractivity contribution in [1.29, 1.82) is 0 Å². The van der Waals surface area contributed by atoms with Gasteiger partial charge >= 0.3 is 5.97 Å². The van der Waals surface area contributed by atoms with Crippen LogP contribution in [-0.2, 0) is 23.9 Å². The molecule has 1 rings (SSSR count). The number of ether oxygens (including phenoxy) is 1. The highest BCUT2D eigenvalue weighted by atomic mass is 16.5. The van der Waals surface area contributed by atoms with Gasteiger partial charge in [0, 0.05) is 44.3 Å². The fourth-order valence-corrected chi connectivity index (χ4v) is 4.28. The number of aliphatic carboxylic acids is 1. The van der Waals surface area contributed by atoms with Crippen molar-refractivity contribution in [2.24, 2.45) is 17.8 Å². The first kappa shape index (κ1) is 31.4. The molecule has 1 heterocycles. The Morgan fingerprint density at radius 3 is 2.31 bits per heavy atom. The van der Waals surface area contributed by atoms with Crippen molar-refractivity contribution >= 4 is 23.6 Å². The van der Waals surface area contributed by atoms with Crippen LogP contribution in [0.25, 0.3) is 0 Å². The standard InChI is InChI=1S/C27H41NO8/c1-17(21(29)11-9-10-20-15-23(30)28-24(31)16-20)14-18(2)26(34)19(3)27(35)22(36-4)12-7-5-6-8-13-25(32)33/h7-8,12-14,17,19-20,22,26-27,34-35H,5-6,9-11,15-16H2,1-4H3,(H,32,33)(H,28,30,31)/t17-,19+,22-,26-,27-/m0/s1. The SMILES string of the molecule is CO[C@@H](C=CCCC=CC(=O)O)[C@@H](O)[C@H](C)[C@@H](O)C(C)=C[C@H](C)C(=O)CCCC1CC(=O)NC(=O)C1. The lowest BCUT2D eigenvalue weighted by Gasteiger charge is -2.29. The molecule has 0 aromatic heterocycles. The Labute approximate surface area is 213 Å². The van der Waals surface area contributed by atoms with Gasteiger partial charge in [0.25, 0.3) is 0 Å². The smallest absolute Gasteiger partial charge is 0.327 e.